The number of rotatable bonds is 8. The van der Waals surface area contributed by atoms with E-state index in [0.29, 0.717) is 39.7 Å². The van der Waals surface area contributed by atoms with E-state index in [0.717, 1.165) is 29.4 Å². The molecule has 3 heterocycles. The molecule has 1 saturated carbocycles. The third-order valence-corrected chi connectivity index (χ3v) is 7.81. The first-order valence-corrected chi connectivity index (χ1v) is 14.2. The summed E-state index contributed by atoms with van der Waals surface area (Å²) in [5.41, 5.74) is 4.67. The van der Waals surface area contributed by atoms with Crippen LogP contribution in [0.2, 0.25) is 5.02 Å². The normalized spacial score (nSPS) is 14.8. The van der Waals surface area contributed by atoms with Crippen molar-refractivity contribution in [1.82, 2.24) is 25.0 Å². The van der Waals surface area contributed by atoms with E-state index in [1.165, 1.54) is 12.1 Å². The second kappa shape index (κ2) is 10.7. The molecule has 5 aromatic rings. The molecule has 0 bridgehead atoms. The van der Waals surface area contributed by atoms with E-state index in [2.05, 4.69) is 63.8 Å². The predicted molar refractivity (Wildman–Crippen MR) is 162 cm³/mol. The third-order valence-electron chi connectivity index (χ3n) is 7.52. The number of hydrogen-bond acceptors (Lipinski definition) is 7. The molecule has 0 aliphatic heterocycles. The second-order valence-electron chi connectivity index (χ2n) is 11.9. The van der Waals surface area contributed by atoms with Crippen LogP contribution in [0.4, 0.5) is 15.8 Å². The van der Waals surface area contributed by atoms with Gasteiger partial charge in [0.05, 0.1) is 39.6 Å². The van der Waals surface area contributed by atoms with Gasteiger partial charge in [-0.2, -0.15) is 5.26 Å². The summed E-state index contributed by atoms with van der Waals surface area (Å²) in [6.07, 6.45) is 8.99. The van der Waals surface area contributed by atoms with Crippen molar-refractivity contribution in [2.75, 3.05) is 17.2 Å². The van der Waals surface area contributed by atoms with Crippen LogP contribution in [0.5, 0.6) is 0 Å². The monoisotopic (exact) mass is 580 g/mol. The van der Waals surface area contributed by atoms with Crippen LogP contribution in [0.15, 0.2) is 73.3 Å². The molecule has 0 unspecified atom stereocenters. The number of pyridine rings is 2. The highest BCUT2D eigenvalue weighted by Crippen LogP contribution is 2.48. The molecule has 1 aliphatic rings. The van der Waals surface area contributed by atoms with Gasteiger partial charge in [0.1, 0.15) is 17.6 Å². The summed E-state index contributed by atoms with van der Waals surface area (Å²) in [5, 5.41) is 27.1. The fraction of sp³-hybridized carbons (Fsp3) is 0.281. The van der Waals surface area contributed by atoms with Crippen LogP contribution < -0.4 is 10.6 Å². The minimum Gasteiger partial charge on any atom is -0.383 e. The minimum absolute atomic E-state index is 0.0176. The van der Waals surface area contributed by atoms with Crippen molar-refractivity contribution in [3.63, 3.8) is 0 Å². The molecule has 1 atom stereocenters. The second-order valence-corrected chi connectivity index (χ2v) is 12.3. The molecule has 1 fully saturated rings. The van der Waals surface area contributed by atoms with Gasteiger partial charge in [-0.3, -0.25) is 9.97 Å². The Bertz CT molecular complexity index is 1780. The van der Waals surface area contributed by atoms with E-state index in [9.17, 15) is 9.65 Å². The maximum absolute atomic E-state index is 13.9. The lowest BCUT2D eigenvalue weighted by molar-refractivity contribution is 0.443. The van der Waals surface area contributed by atoms with Gasteiger partial charge >= 0.3 is 0 Å². The van der Waals surface area contributed by atoms with Crippen LogP contribution in [0.3, 0.4) is 0 Å². The van der Waals surface area contributed by atoms with Crippen molar-refractivity contribution in [3.05, 3.63) is 107 Å². The predicted octanol–water partition coefficient (Wildman–Crippen LogP) is 7.08. The summed E-state index contributed by atoms with van der Waals surface area (Å²) in [4.78, 5) is 8.77. The first-order chi connectivity index (χ1) is 20.2. The summed E-state index contributed by atoms with van der Waals surface area (Å²) in [6, 6.07) is 15.8. The maximum Gasteiger partial charge on any atom is 0.123 e. The fourth-order valence-corrected chi connectivity index (χ4v) is 5.41. The Labute approximate surface area is 248 Å². The third kappa shape index (κ3) is 5.38. The Morgan fingerprint density at radius 3 is 2.60 bits per heavy atom. The zero-order chi connectivity index (χ0) is 29.5. The van der Waals surface area contributed by atoms with Gasteiger partial charge in [-0.15, -0.1) is 5.10 Å². The number of halogens is 2. The Balaban J connectivity index is 1.41. The van der Waals surface area contributed by atoms with Crippen LogP contribution >= 0.6 is 11.6 Å². The summed E-state index contributed by atoms with van der Waals surface area (Å²) in [6.45, 7) is 7.01. The number of aromatic nitrogens is 5. The van der Waals surface area contributed by atoms with E-state index in [4.69, 9.17) is 11.6 Å². The number of benzene rings is 2. The van der Waals surface area contributed by atoms with Gasteiger partial charge in [-0.1, -0.05) is 55.8 Å². The van der Waals surface area contributed by atoms with Gasteiger partial charge in [0.15, 0.2) is 0 Å². The summed E-state index contributed by atoms with van der Waals surface area (Å²) in [5.74, 6) is -0.326. The van der Waals surface area contributed by atoms with Crippen LogP contribution in [-0.2, 0) is 5.54 Å². The largest absolute Gasteiger partial charge is 0.383 e. The molecule has 10 heteroatoms. The highest BCUT2D eigenvalue weighted by molar-refractivity contribution is 6.35. The van der Waals surface area contributed by atoms with Gasteiger partial charge in [-0.25, -0.2) is 9.07 Å². The Kier molecular flexibility index (Phi) is 7.03. The van der Waals surface area contributed by atoms with Crippen LogP contribution in [0.1, 0.15) is 62.0 Å². The molecule has 0 amide bonds. The zero-order valence-corrected chi connectivity index (χ0v) is 24.3. The van der Waals surface area contributed by atoms with Crippen LogP contribution in [0.25, 0.3) is 10.9 Å². The summed E-state index contributed by atoms with van der Waals surface area (Å²) < 4.78 is 15.8. The Morgan fingerprint density at radius 2 is 1.93 bits per heavy atom. The van der Waals surface area contributed by atoms with Crippen molar-refractivity contribution in [2.24, 2.45) is 5.41 Å². The smallest absolute Gasteiger partial charge is 0.123 e. The van der Waals surface area contributed by atoms with Crippen molar-refractivity contribution < 1.29 is 4.39 Å². The molecule has 0 saturated heterocycles. The van der Waals surface area contributed by atoms with Crippen molar-refractivity contribution in [1.29, 1.82) is 5.26 Å². The van der Waals surface area contributed by atoms with Gasteiger partial charge in [0, 0.05) is 36.2 Å². The maximum atomic E-state index is 13.9. The lowest BCUT2D eigenvalue weighted by Crippen LogP contribution is -2.20. The number of nitrogens with zero attached hydrogens (tertiary/aromatic N) is 6. The van der Waals surface area contributed by atoms with E-state index in [-0.39, 0.29) is 16.8 Å². The molecule has 2 N–H and O–H groups in total. The van der Waals surface area contributed by atoms with Gasteiger partial charge in [0.25, 0.3) is 0 Å². The van der Waals surface area contributed by atoms with Crippen LogP contribution in [0, 0.1) is 22.6 Å². The van der Waals surface area contributed by atoms with Crippen molar-refractivity contribution in [2.45, 2.75) is 45.2 Å². The van der Waals surface area contributed by atoms with Crippen LogP contribution in [-0.4, -0.2) is 31.5 Å². The highest BCUT2D eigenvalue weighted by atomic mass is 35.5. The SMILES string of the molecule is CC(C)(C)CNc1c(C#N)cnc2c(Cl)cc(N[C@@H](c3ccc(F)cc3)c3cn(C4(c5cccnc5)CC4)nn3)cc12. The highest BCUT2D eigenvalue weighted by Gasteiger charge is 2.48. The molecular formula is C32H30ClFN8. The molecule has 1 aliphatic carbocycles. The fourth-order valence-electron chi connectivity index (χ4n) is 5.15. The van der Waals surface area contributed by atoms with Crippen molar-refractivity contribution in [3.8, 4) is 6.07 Å². The van der Waals surface area contributed by atoms with E-state index >= 15 is 0 Å². The van der Waals surface area contributed by atoms with E-state index < -0.39 is 6.04 Å². The van der Waals surface area contributed by atoms with Gasteiger partial charge in [0.2, 0.25) is 0 Å². The molecule has 42 heavy (non-hydrogen) atoms. The lowest BCUT2D eigenvalue weighted by atomic mass is 9.96. The molecule has 6 rings (SSSR count). The molecule has 0 spiro atoms. The lowest BCUT2D eigenvalue weighted by Gasteiger charge is -2.22. The Hall–Kier alpha value is -4.55. The first-order valence-electron chi connectivity index (χ1n) is 13.8. The standard InChI is InChI=1S/C32H30ClFN8/c1-31(2,3)19-38-28-21(15-35)16-37-30-25(28)13-24(14-26(30)33)39-29(20-6-8-23(34)9-7-20)27-18-42(41-40-27)32(10-11-32)22-5-4-12-36-17-22/h4-9,12-14,16-18,29,39H,10-11,19H2,1-3H3,(H,37,38)/t29-/m0/s1. The Morgan fingerprint density at radius 1 is 1.14 bits per heavy atom. The van der Waals surface area contributed by atoms with Gasteiger partial charge in [-0.05, 0) is 59.7 Å². The number of fused-ring (bicyclic) bond motifs is 1. The molecule has 212 valence electrons. The molecule has 3 aromatic heterocycles. The topological polar surface area (TPSA) is 104 Å². The average molecular weight is 581 g/mol. The number of anilines is 2. The average Bonchev–Trinajstić information content (AvgIpc) is 3.64. The molecular weight excluding hydrogens is 551 g/mol. The molecule has 2 aromatic carbocycles. The molecule has 8 nitrogen and oxygen atoms in total. The minimum atomic E-state index is -0.462. The number of nitrogens with one attached hydrogen (secondary N) is 2. The number of hydrogen-bond donors (Lipinski definition) is 2. The quantitative estimate of drug-likeness (QED) is 0.202. The van der Waals surface area contributed by atoms with Crippen molar-refractivity contribution >= 4 is 33.9 Å². The van der Waals surface area contributed by atoms with Gasteiger partial charge < -0.3 is 10.6 Å². The summed E-state index contributed by atoms with van der Waals surface area (Å²) >= 11 is 6.76. The number of nitriles is 1. The zero-order valence-electron chi connectivity index (χ0n) is 23.6. The molecule has 0 radical (unpaired) electrons. The van der Waals surface area contributed by atoms with E-state index in [1.54, 1.807) is 30.6 Å². The van der Waals surface area contributed by atoms with E-state index in [1.807, 2.05) is 29.2 Å². The summed E-state index contributed by atoms with van der Waals surface area (Å²) in [7, 11) is 0. The first kappa shape index (κ1) is 27.6.